The summed E-state index contributed by atoms with van der Waals surface area (Å²) in [5.41, 5.74) is 9.03. The van der Waals surface area contributed by atoms with E-state index in [9.17, 15) is 0 Å². The number of benzene rings is 1. The van der Waals surface area contributed by atoms with Crippen LogP contribution in [0.1, 0.15) is 25.8 Å². The smallest absolute Gasteiger partial charge is 0.0838 e. The highest BCUT2D eigenvalue weighted by Gasteiger charge is 2.06. The number of rotatable bonds is 5. The van der Waals surface area contributed by atoms with E-state index in [4.69, 9.17) is 11.6 Å². The van der Waals surface area contributed by atoms with Crippen molar-refractivity contribution in [3.8, 4) is 0 Å². The Morgan fingerprint density at radius 3 is 2.35 bits per heavy atom. The van der Waals surface area contributed by atoms with Gasteiger partial charge in [0.05, 0.1) is 5.03 Å². The summed E-state index contributed by atoms with van der Waals surface area (Å²) in [6.45, 7) is 4.26. The molecule has 0 aliphatic heterocycles. The van der Waals surface area contributed by atoms with Gasteiger partial charge in [-0.15, -0.1) is 11.8 Å². The maximum atomic E-state index is 5.84. The van der Waals surface area contributed by atoms with E-state index in [0.717, 1.165) is 22.9 Å². The molecule has 0 spiro atoms. The van der Waals surface area contributed by atoms with E-state index in [-0.39, 0.29) is 0 Å². The topological polar surface area (TPSA) is 55.3 Å². The zero-order valence-electron chi connectivity index (χ0n) is 10.7. The summed E-state index contributed by atoms with van der Waals surface area (Å²) in [6.07, 6.45) is 1.02. The highest BCUT2D eigenvalue weighted by molar-refractivity contribution is 8.02. The predicted octanol–water partition coefficient (Wildman–Crippen LogP) is 2.95. The van der Waals surface area contributed by atoms with E-state index in [2.05, 4.69) is 26.0 Å². The van der Waals surface area contributed by atoms with E-state index >= 15 is 0 Å². The molecule has 1 aromatic carbocycles. The van der Waals surface area contributed by atoms with Crippen LogP contribution in [0.15, 0.2) is 34.9 Å². The van der Waals surface area contributed by atoms with Crippen LogP contribution >= 0.6 is 11.8 Å². The third-order valence-electron chi connectivity index (χ3n) is 2.57. The molecule has 0 aliphatic rings. The van der Waals surface area contributed by atoms with Crippen molar-refractivity contribution >= 4 is 17.4 Å². The molecule has 0 fully saturated rings. The Morgan fingerprint density at radius 2 is 1.88 bits per heavy atom. The number of nitrogen functional groups attached to an aromatic ring is 1. The maximum absolute atomic E-state index is 5.84. The molecule has 4 N–H and O–H groups in total. The molecule has 0 radical (unpaired) electrons. The van der Waals surface area contributed by atoms with E-state index < -0.39 is 0 Å². The first-order valence-electron chi connectivity index (χ1n) is 5.70. The van der Waals surface area contributed by atoms with Crippen molar-refractivity contribution in [1.29, 1.82) is 0 Å². The summed E-state index contributed by atoms with van der Waals surface area (Å²) >= 11 is 1.76. The molecular formula is C13H21N3S. The quantitative estimate of drug-likeness (QED) is 0.480. The second-order valence-electron chi connectivity index (χ2n) is 4.08. The third kappa shape index (κ3) is 4.32. The zero-order chi connectivity index (χ0) is 12.8. The molecule has 0 saturated heterocycles. The molecule has 0 unspecified atom stereocenters. The molecular weight excluding hydrogens is 230 g/mol. The summed E-state index contributed by atoms with van der Waals surface area (Å²) in [6, 6.07) is 7.96. The van der Waals surface area contributed by atoms with Crippen LogP contribution in [0.3, 0.4) is 0 Å². The van der Waals surface area contributed by atoms with Crippen molar-refractivity contribution < 1.29 is 0 Å². The van der Waals surface area contributed by atoms with Gasteiger partial charge >= 0.3 is 0 Å². The van der Waals surface area contributed by atoms with Crippen molar-refractivity contribution in [2.45, 2.75) is 26.0 Å². The average molecular weight is 251 g/mol. The normalized spacial score (nSPS) is 12.2. The average Bonchev–Trinajstić information content (AvgIpc) is 2.31. The van der Waals surface area contributed by atoms with E-state index in [1.807, 2.05) is 19.2 Å². The lowest BCUT2D eigenvalue weighted by Gasteiger charge is -2.19. The predicted molar refractivity (Wildman–Crippen MR) is 77.1 cm³/mol. The molecule has 0 heterocycles. The second kappa shape index (κ2) is 6.57. The molecule has 0 amide bonds. The Kier molecular flexibility index (Phi) is 5.38. The summed E-state index contributed by atoms with van der Waals surface area (Å²) in [7, 11) is 1.88. The van der Waals surface area contributed by atoms with Crippen molar-refractivity contribution in [2.24, 2.45) is 5.84 Å². The number of allylic oxidation sites excluding steroid dienone is 1. The molecule has 1 rings (SSSR count). The lowest BCUT2D eigenvalue weighted by molar-refractivity contribution is 0.466. The fraction of sp³-hybridized carbons (Fsp3) is 0.385. The van der Waals surface area contributed by atoms with Crippen molar-refractivity contribution in [3.63, 3.8) is 0 Å². The van der Waals surface area contributed by atoms with Gasteiger partial charge in [-0.3, -0.25) is 0 Å². The van der Waals surface area contributed by atoms with Gasteiger partial charge < -0.3 is 10.7 Å². The molecule has 0 saturated carbocycles. The Hall–Kier alpha value is -1.13. The summed E-state index contributed by atoms with van der Waals surface area (Å²) in [5.74, 6) is 6.75. The van der Waals surface area contributed by atoms with Crippen LogP contribution in [0.4, 0.5) is 5.69 Å². The number of hydrogen-bond donors (Lipinski definition) is 2. The minimum absolute atomic E-state index is 0.801. The summed E-state index contributed by atoms with van der Waals surface area (Å²) in [4.78, 5) is 0. The molecule has 0 atom stereocenters. The number of hydrazine groups is 1. The number of thioether (sulfide) groups is 1. The molecule has 94 valence electrons. The number of anilines is 1. The van der Waals surface area contributed by atoms with Gasteiger partial charge in [0.2, 0.25) is 0 Å². The molecule has 0 bridgehead atoms. The summed E-state index contributed by atoms with van der Waals surface area (Å²) < 4.78 is 0. The SMILES string of the molecule is CC/C(C)=C(\SCc1ccc(N)cc1)N(C)N. The highest BCUT2D eigenvalue weighted by Crippen LogP contribution is 2.26. The highest BCUT2D eigenvalue weighted by atomic mass is 32.2. The van der Waals surface area contributed by atoms with Gasteiger partial charge in [-0.25, -0.2) is 5.84 Å². The van der Waals surface area contributed by atoms with Crippen molar-refractivity contribution in [1.82, 2.24) is 5.01 Å². The largest absolute Gasteiger partial charge is 0.399 e. The Balaban J connectivity index is 2.68. The Morgan fingerprint density at radius 1 is 1.29 bits per heavy atom. The number of nitrogens with two attached hydrogens (primary N) is 2. The molecule has 1 aromatic rings. The van der Waals surface area contributed by atoms with Gasteiger partial charge in [0.1, 0.15) is 0 Å². The van der Waals surface area contributed by atoms with Crippen LogP contribution in [-0.2, 0) is 5.75 Å². The monoisotopic (exact) mass is 251 g/mol. The van der Waals surface area contributed by atoms with Gasteiger partial charge in [0, 0.05) is 18.5 Å². The maximum Gasteiger partial charge on any atom is 0.0838 e. The third-order valence-corrected chi connectivity index (χ3v) is 3.96. The Labute approximate surface area is 108 Å². The fourth-order valence-electron chi connectivity index (χ4n) is 1.44. The standard InChI is InChI=1S/C13H21N3S/c1-4-10(2)13(16(3)15)17-9-11-5-7-12(14)8-6-11/h5-8H,4,9,14-15H2,1-3H3/b13-10-. The van der Waals surface area contributed by atoms with E-state index in [1.54, 1.807) is 16.8 Å². The first kappa shape index (κ1) is 13.9. The van der Waals surface area contributed by atoms with Crippen LogP contribution in [0.2, 0.25) is 0 Å². The van der Waals surface area contributed by atoms with Gasteiger partial charge in [-0.2, -0.15) is 0 Å². The van der Waals surface area contributed by atoms with Crippen molar-refractivity contribution in [2.75, 3.05) is 12.8 Å². The lowest BCUT2D eigenvalue weighted by Crippen LogP contribution is -2.24. The Bertz CT molecular complexity index is 382. The first-order chi connectivity index (χ1) is 8.04. The minimum Gasteiger partial charge on any atom is -0.399 e. The molecule has 4 heteroatoms. The van der Waals surface area contributed by atoms with Crippen LogP contribution < -0.4 is 11.6 Å². The minimum atomic E-state index is 0.801. The summed E-state index contributed by atoms with van der Waals surface area (Å²) in [5, 5.41) is 2.84. The number of hydrogen-bond acceptors (Lipinski definition) is 4. The molecule has 3 nitrogen and oxygen atoms in total. The van der Waals surface area contributed by atoms with Gasteiger partial charge in [0.25, 0.3) is 0 Å². The fourth-order valence-corrected chi connectivity index (χ4v) is 2.53. The van der Waals surface area contributed by atoms with Crippen LogP contribution in [-0.4, -0.2) is 12.1 Å². The molecule has 17 heavy (non-hydrogen) atoms. The zero-order valence-corrected chi connectivity index (χ0v) is 11.6. The van der Waals surface area contributed by atoms with Crippen LogP contribution in [0, 0.1) is 0 Å². The van der Waals surface area contributed by atoms with Crippen LogP contribution in [0.5, 0.6) is 0 Å². The first-order valence-corrected chi connectivity index (χ1v) is 6.68. The van der Waals surface area contributed by atoms with Crippen LogP contribution in [0.25, 0.3) is 0 Å². The second-order valence-corrected chi connectivity index (χ2v) is 5.04. The van der Waals surface area contributed by atoms with Crippen molar-refractivity contribution in [3.05, 3.63) is 40.4 Å². The van der Waals surface area contributed by atoms with Gasteiger partial charge in [0.15, 0.2) is 0 Å². The molecule has 0 aliphatic carbocycles. The van der Waals surface area contributed by atoms with E-state index in [1.165, 1.54) is 11.1 Å². The number of nitrogens with zero attached hydrogens (tertiary/aromatic N) is 1. The van der Waals surface area contributed by atoms with E-state index in [0.29, 0.717) is 0 Å². The van der Waals surface area contributed by atoms with Gasteiger partial charge in [-0.05, 0) is 36.6 Å². The lowest BCUT2D eigenvalue weighted by atomic mass is 10.2. The molecule has 0 aromatic heterocycles. The van der Waals surface area contributed by atoms with Gasteiger partial charge in [-0.1, -0.05) is 19.1 Å².